The molecule has 376 valence electrons. The van der Waals surface area contributed by atoms with E-state index in [9.17, 15) is 0 Å². The highest BCUT2D eigenvalue weighted by atomic mass is 15.3. The molecule has 4 heterocycles. The molecule has 0 saturated heterocycles. The highest BCUT2D eigenvalue weighted by molar-refractivity contribution is 6.07. The average molecular weight is 1030 g/mol. The highest BCUT2D eigenvalue weighted by Gasteiger charge is 2.36. The summed E-state index contributed by atoms with van der Waals surface area (Å²) in [5.41, 5.74) is 14.5. The van der Waals surface area contributed by atoms with Gasteiger partial charge in [0.1, 0.15) is 0 Å². The smallest absolute Gasteiger partial charge is 0.238 e. The van der Waals surface area contributed by atoms with Gasteiger partial charge in [0, 0.05) is 44.5 Å². The van der Waals surface area contributed by atoms with Gasteiger partial charge < -0.3 is 4.90 Å². The van der Waals surface area contributed by atoms with Crippen molar-refractivity contribution in [1.82, 2.24) is 39.9 Å². The molecule has 13 aromatic rings. The number of hydrogen-bond acceptors (Lipinski definition) is 10. The van der Waals surface area contributed by atoms with Gasteiger partial charge in [-0.05, 0) is 48.0 Å². The van der Waals surface area contributed by atoms with Crippen LogP contribution in [-0.2, 0) is 0 Å². The Morgan fingerprint density at radius 3 is 0.900 bits per heavy atom. The fourth-order valence-corrected chi connectivity index (χ4v) is 10.4. The maximum absolute atomic E-state index is 5.63. The number of benzene rings is 10. The lowest BCUT2D eigenvalue weighted by Gasteiger charge is -2.40. The molecular formula is C70H46N10. The van der Waals surface area contributed by atoms with E-state index in [0.717, 1.165) is 95.5 Å². The van der Waals surface area contributed by atoms with E-state index >= 15 is 0 Å². The third-order valence-corrected chi connectivity index (χ3v) is 14.1. The second kappa shape index (κ2) is 20.8. The minimum Gasteiger partial charge on any atom is -0.306 e. The van der Waals surface area contributed by atoms with Gasteiger partial charge in [0.15, 0.2) is 34.9 Å². The Bertz CT molecular complexity index is 4120. The standard InChI is InChI=1S/C70H46N10/c1-8-26-47(27-9-1)55-46-56(48-28-10-2-11-29-48)72-69(71-55)63-61(45-44-54(62(63)49-30-12-3-13-31-49)68-75-64(50-32-14-4-15-33-50)73-65(76-68)51-34-16-5-17-35-51)79-57-40-22-24-42-59(57)80(60-43-25-23-41-58(60)79)70-77-66(52-36-18-6-19-37-52)74-67(78-70)53-38-20-7-21-39-53/h1-46H. The first-order chi connectivity index (χ1) is 39.7. The van der Waals surface area contributed by atoms with Gasteiger partial charge in [-0.3, -0.25) is 4.90 Å². The maximum Gasteiger partial charge on any atom is 0.238 e. The Balaban J connectivity index is 1.07. The lowest BCUT2D eigenvalue weighted by Crippen LogP contribution is -2.26. The number of nitrogens with zero attached hydrogens (tertiary/aromatic N) is 10. The van der Waals surface area contributed by atoms with E-state index in [1.54, 1.807) is 0 Å². The molecule has 0 radical (unpaired) electrons. The predicted octanol–water partition coefficient (Wildman–Crippen LogP) is 17.1. The molecule has 0 saturated carbocycles. The number of aromatic nitrogens is 8. The molecular weight excluding hydrogens is 981 g/mol. The van der Waals surface area contributed by atoms with Crippen molar-refractivity contribution in [2.45, 2.75) is 0 Å². The van der Waals surface area contributed by atoms with E-state index in [1.807, 2.05) is 164 Å². The number of rotatable bonds is 11. The Morgan fingerprint density at radius 2 is 0.512 bits per heavy atom. The quantitative estimate of drug-likeness (QED) is 0.124. The zero-order valence-corrected chi connectivity index (χ0v) is 43.0. The van der Waals surface area contributed by atoms with Crippen LogP contribution in [0.2, 0.25) is 0 Å². The van der Waals surface area contributed by atoms with Crippen molar-refractivity contribution in [3.05, 3.63) is 279 Å². The van der Waals surface area contributed by atoms with Crippen molar-refractivity contribution in [3.8, 4) is 102 Å². The molecule has 80 heavy (non-hydrogen) atoms. The minimum atomic E-state index is 0.475. The molecule has 0 bridgehead atoms. The Morgan fingerprint density at radius 1 is 0.200 bits per heavy atom. The van der Waals surface area contributed by atoms with Crippen molar-refractivity contribution in [2.75, 3.05) is 9.80 Å². The van der Waals surface area contributed by atoms with Crippen LogP contribution >= 0.6 is 0 Å². The fourth-order valence-electron chi connectivity index (χ4n) is 10.4. The first-order valence-electron chi connectivity index (χ1n) is 26.4. The third kappa shape index (κ3) is 8.98. The predicted molar refractivity (Wildman–Crippen MR) is 321 cm³/mol. The van der Waals surface area contributed by atoms with E-state index < -0.39 is 0 Å². The normalized spacial score (nSPS) is 11.7. The van der Waals surface area contributed by atoms with E-state index in [2.05, 4.69) is 125 Å². The SMILES string of the molecule is c1ccc(-c2cc(-c3ccccc3)nc(-c3c(N4c5ccccc5N(c5nc(-c6ccccc6)nc(-c6ccccc6)n5)c5ccccc54)ccc(-c4nc(-c5ccccc5)nc(-c5ccccc5)n4)c3-c3ccccc3)n2)cc1. The van der Waals surface area contributed by atoms with Gasteiger partial charge in [0.2, 0.25) is 5.95 Å². The van der Waals surface area contributed by atoms with Crippen LogP contribution in [0.4, 0.5) is 34.4 Å². The van der Waals surface area contributed by atoms with Crippen LogP contribution in [0.1, 0.15) is 0 Å². The Kier molecular flexibility index (Phi) is 12.3. The third-order valence-electron chi connectivity index (χ3n) is 14.1. The molecule has 0 atom stereocenters. The van der Waals surface area contributed by atoms with Gasteiger partial charge in [-0.25, -0.2) is 29.9 Å². The van der Waals surface area contributed by atoms with Crippen LogP contribution in [0.5, 0.6) is 0 Å². The summed E-state index contributed by atoms with van der Waals surface area (Å²) in [4.78, 5) is 47.2. The van der Waals surface area contributed by atoms with Crippen LogP contribution in [0.25, 0.3) is 102 Å². The average Bonchev–Trinajstić information content (AvgIpc) is 3.66. The van der Waals surface area contributed by atoms with Gasteiger partial charge in [-0.1, -0.05) is 237 Å². The lowest BCUT2D eigenvalue weighted by molar-refractivity contribution is 1.01. The summed E-state index contributed by atoms with van der Waals surface area (Å²) in [7, 11) is 0. The molecule has 1 aliphatic rings. The van der Waals surface area contributed by atoms with Crippen molar-refractivity contribution in [2.24, 2.45) is 0 Å². The molecule has 3 aromatic heterocycles. The summed E-state index contributed by atoms with van der Waals surface area (Å²) in [6.07, 6.45) is 0. The molecule has 0 spiro atoms. The minimum absolute atomic E-state index is 0.475. The molecule has 10 nitrogen and oxygen atoms in total. The van der Waals surface area contributed by atoms with Crippen molar-refractivity contribution < 1.29 is 0 Å². The van der Waals surface area contributed by atoms with Gasteiger partial charge in [-0.15, -0.1) is 0 Å². The zero-order chi connectivity index (χ0) is 53.2. The monoisotopic (exact) mass is 1030 g/mol. The Labute approximate surface area is 462 Å². The van der Waals surface area contributed by atoms with Gasteiger partial charge >= 0.3 is 0 Å². The molecule has 0 fully saturated rings. The number of hydrogen-bond donors (Lipinski definition) is 0. The summed E-state index contributed by atoms with van der Waals surface area (Å²) in [5, 5.41) is 0. The molecule has 0 aliphatic carbocycles. The molecule has 1 aliphatic heterocycles. The van der Waals surface area contributed by atoms with Gasteiger partial charge in [0.05, 0.1) is 45.4 Å². The van der Waals surface area contributed by atoms with Crippen molar-refractivity contribution in [3.63, 3.8) is 0 Å². The van der Waals surface area contributed by atoms with E-state index in [-0.39, 0.29) is 0 Å². The molecule has 14 rings (SSSR count). The highest BCUT2D eigenvalue weighted by Crippen LogP contribution is 2.57. The summed E-state index contributed by atoms with van der Waals surface area (Å²) in [6, 6.07) is 94.5. The summed E-state index contributed by atoms with van der Waals surface area (Å²) < 4.78 is 0. The lowest BCUT2D eigenvalue weighted by atomic mass is 9.90. The first-order valence-corrected chi connectivity index (χ1v) is 26.4. The van der Waals surface area contributed by atoms with Crippen LogP contribution in [0.3, 0.4) is 0 Å². The zero-order valence-electron chi connectivity index (χ0n) is 43.0. The topological polar surface area (TPSA) is 110 Å². The first kappa shape index (κ1) is 47.4. The number of anilines is 6. The second-order valence-corrected chi connectivity index (χ2v) is 19.1. The summed E-state index contributed by atoms with van der Waals surface area (Å²) in [5.74, 6) is 3.71. The van der Waals surface area contributed by atoms with Gasteiger partial charge in [-0.2, -0.15) is 9.97 Å². The van der Waals surface area contributed by atoms with Crippen molar-refractivity contribution >= 4 is 34.4 Å². The van der Waals surface area contributed by atoms with E-state index in [4.69, 9.17) is 39.9 Å². The van der Waals surface area contributed by atoms with Gasteiger partial charge in [0.25, 0.3) is 0 Å². The van der Waals surface area contributed by atoms with E-state index in [0.29, 0.717) is 40.9 Å². The summed E-state index contributed by atoms with van der Waals surface area (Å²) >= 11 is 0. The van der Waals surface area contributed by atoms with Crippen LogP contribution < -0.4 is 9.80 Å². The van der Waals surface area contributed by atoms with Crippen LogP contribution in [0, 0.1) is 0 Å². The van der Waals surface area contributed by atoms with E-state index in [1.165, 1.54) is 0 Å². The fraction of sp³-hybridized carbons (Fsp3) is 0. The van der Waals surface area contributed by atoms with Crippen LogP contribution in [-0.4, -0.2) is 39.9 Å². The molecule has 0 N–H and O–H groups in total. The molecule has 0 amide bonds. The molecule has 0 unspecified atom stereocenters. The van der Waals surface area contributed by atoms with Crippen LogP contribution in [0.15, 0.2) is 279 Å². The largest absolute Gasteiger partial charge is 0.306 e. The summed E-state index contributed by atoms with van der Waals surface area (Å²) in [6.45, 7) is 0. The molecule has 10 aromatic carbocycles. The second-order valence-electron chi connectivity index (χ2n) is 19.1. The molecule has 10 heteroatoms. The Hall–Kier alpha value is -11.1. The number of fused-ring (bicyclic) bond motifs is 2. The van der Waals surface area contributed by atoms with Crippen molar-refractivity contribution in [1.29, 1.82) is 0 Å². The maximum atomic E-state index is 5.63. The number of para-hydroxylation sites is 4.